The van der Waals surface area contributed by atoms with Gasteiger partial charge >= 0.3 is 0 Å². The highest BCUT2D eigenvalue weighted by Gasteiger charge is 2.09. The quantitative estimate of drug-likeness (QED) is 0.598. The topological polar surface area (TPSA) is 17.1 Å². The molecule has 2 aromatic rings. The molecule has 0 aliphatic rings. The molecule has 0 bridgehead atoms. The first-order chi connectivity index (χ1) is 8.16. The molecule has 0 fully saturated rings. The molecule has 88 valence electrons. The van der Waals surface area contributed by atoms with Crippen molar-refractivity contribution in [1.29, 1.82) is 0 Å². The van der Waals surface area contributed by atoms with E-state index in [1.807, 2.05) is 18.2 Å². The molecular formula is C13H11ClOS2. The van der Waals surface area contributed by atoms with E-state index < -0.39 is 0 Å². The molecule has 0 unspecified atom stereocenters. The highest BCUT2D eigenvalue weighted by Crippen LogP contribution is 2.26. The molecule has 0 radical (unpaired) electrons. The fourth-order valence-electron chi connectivity index (χ4n) is 1.40. The van der Waals surface area contributed by atoms with Gasteiger partial charge in [0.1, 0.15) is 0 Å². The molecule has 0 aliphatic carbocycles. The van der Waals surface area contributed by atoms with Crippen LogP contribution < -0.4 is 0 Å². The van der Waals surface area contributed by atoms with E-state index in [2.05, 4.69) is 13.0 Å². The van der Waals surface area contributed by atoms with E-state index in [0.717, 1.165) is 9.77 Å². The molecule has 0 amide bonds. The second-order valence-electron chi connectivity index (χ2n) is 3.58. The first-order valence-corrected chi connectivity index (χ1v) is 7.32. The normalized spacial score (nSPS) is 10.5. The van der Waals surface area contributed by atoms with E-state index in [0.29, 0.717) is 10.1 Å². The van der Waals surface area contributed by atoms with Crippen molar-refractivity contribution in [2.45, 2.75) is 11.8 Å². The zero-order valence-electron chi connectivity index (χ0n) is 9.27. The van der Waals surface area contributed by atoms with Crippen molar-refractivity contribution in [3.05, 3.63) is 51.2 Å². The van der Waals surface area contributed by atoms with Crippen molar-refractivity contribution >= 4 is 40.5 Å². The summed E-state index contributed by atoms with van der Waals surface area (Å²) < 4.78 is 0.661. The van der Waals surface area contributed by atoms with Gasteiger partial charge in [-0.1, -0.05) is 29.8 Å². The Labute approximate surface area is 114 Å². The average molecular weight is 283 g/mol. The Hall–Kier alpha value is -0.770. The molecule has 1 heterocycles. The zero-order chi connectivity index (χ0) is 12.3. The van der Waals surface area contributed by atoms with Crippen LogP contribution in [0.2, 0.25) is 4.34 Å². The summed E-state index contributed by atoms with van der Waals surface area (Å²) in [6, 6.07) is 11.6. The molecule has 0 N–H and O–H groups in total. The van der Waals surface area contributed by atoms with Crippen LogP contribution in [0.5, 0.6) is 0 Å². The van der Waals surface area contributed by atoms with Crippen molar-refractivity contribution in [3.8, 4) is 0 Å². The Balaban J connectivity index is 1.99. The number of rotatable bonds is 4. The van der Waals surface area contributed by atoms with Crippen LogP contribution in [-0.2, 0) is 0 Å². The van der Waals surface area contributed by atoms with Crippen LogP contribution in [-0.4, -0.2) is 11.5 Å². The van der Waals surface area contributed by atoms with Crippen molar-refractivity contribution in [2.75, 3.05) is 5.75 Å². The SMILES string of the molecule is Cc1ccccc1SCC(=O)c1ccc(Cl)s1. The first kappa shape index (κ1) is 12.7. The number of thioether (sulfide) groups is 1. The van der Waals surface area contributed by atoms with Gasteiger partial charge < -0.3 is 0 Å². The van der Waals surface area contributed by atoms with Crippen LogP contribution in [0.1, 0.15) is 15.2 Å². The van der Waals surface area contributed by atoms with Gasteiger partial charge in [0.15, 0.2) is 5.78 Å². The second-order valence-corrected chi connectivity index (χ2v) is 6.31. The fraction of sp³-hybridized carbons (Fsp3) is 0.154. The van der Waals surface area contributed by atoms with Crippen LogP contribution in [0, 0.1) is 6.92 Å². The zero-order valence-corrected chi connectivity index (χ0v) is 11.7. The summed E-state index contributed by atoms with van der Waals surface area (Å²) in [7, 11) is 0. The maximum absolute atomic E-state index is 11.9. The maximum atomic E-state index is 11.9. The smallest absolute Gasteiger partial charge is 0.183 e. The molecule has 0 atom stereocenters. The molecule has 1 aromatic heterocycles. The molecule has 2 rings (SSSR count). The van der Waals surface area contributed by atoms with Gasteiger partial charge in [-0.25, -0.2) is 0 Å². The number of Topliss-reactive ketones (excluding diaryl/α,β-unsaturated/α-hetero) is 1. The minimum absolute atomic E-state index is 0.134. The summed E-state index contributed by atoms with van der Waals surface area (Å²) >= 11 is 8.72. The highest BCUT2D eigenvalue weighted by molar-refractivity contribution is 8.00. The van der Waals surface area contributed by atoms with E-state index in [9.17, 15) is 4.79 Å². The van der Waals surface area contributed by atoms with Crippen molar-refractivity contribution in [3.63, 3.8) is 0 Å². The number of ketones is 1. The average Bonchev–Trinajstić information content (AvgIpc) is 2.74. The second kappa shape index (κ2) is 5.71. The lowest BCUT2D eigenvalue weighted by Gasteiger charge is -2.03. The van der Waals surface area contributed by atoms with E-state index in [1.54, 1.807) is 23.9 Å². The molecule has 1 nitrogen and oxygen atoms in total. The van der Waals surface area contributed by atoms with E-state index in [4.69, 9.17) is 11.6 Å². The van der Waals surface area contributed by atoms with E-state index in [-0.39, 0.29) is 5.78 Å². The van der Waals surface area contributed by atoms with E-state index >= 15 is 0 Å². The third-order valence-corrected chi connectivity index (χ3v) is 4.75. The lowest BCUT2D eigenvalue weighted by atomic mass is 10.2. The summed E-state index contributed by atoms with van der Waals surface area (Å²) in [5.74, 6) is 0.594. The molecule has 4 heteroatoms. The molecular weight excluding hydrogens is 272 g/mol. The number of hydrogen-bond donors (Lipinski definition) is 0. The van der Waals surface area contributed by atoms with E-state index in [1.165, 1.54) is 16.9 Å². The summed E-state index contributed by atoms with van der Waals surface area (Å²) in [6.45, 7) is 2.05. The number of carbonyl (C=O) groups is 1. The van der Waals surface area contributed by atoms with Gasteiger partial charge in [0.2, 0.25) is 0 Å². The number of halogens is 1. The summed E-state index contributed by atoms with van der Waals surface area (Å²) in [5.41, 5.74) is 1.20. The summed E-state index contributed by atoms with van der Waals surface area (Å²) in [5, 5.41) is 0. The summed E-state index contributed by atoms with van der Waals surface area (Å²) in [6.07, 6.45) is 0. The number of carbonyl (C=O) groups excluding carboxylic acids is 1. The minimum Gasteiger partial charge on any atom is -0.292 e. The van der Waals surface area contributed by atoms with Crippen LogP contribution >= 0.6 is 34.7 Å². The van der Waals surface area contributed by atoms with Gasteiger partial charge in [0.05, 0.1) is 15.0 Å². The monoisotopic (exact) mass is 282 g/mol. The minimum atomic E-state index is 0.134. The Morgan fingerprint density at radius 3 is 2.71 bits per heavy atom. The predicted molar refractivity (Wildman–Crippen MR) is 75.6 cm³/mol. The Kier molecular flexibility index (Phi) is 4.26. The van der Waals surface area contributed by atoms with Crippen LogP contribution in [0.4, 0.5) is 0 Å². The molecule has 0 saturated carbocycles. The molecule has 0 spiro atoms. The standard InChI is InChI=1S/C13H11ClOS2/c1-9-4-2-3-5-11(9)16-8-10(15)12-6-7-13(14)17-12/h2-7H,8H2,1H3. The lowest BCUT2D eigenvalue weighted by molar-refractivity contribution is 0.102. The van der Waals surface area contributed by atoms with Crippen LogP contribution in [0.3, 0.4) is 0 Å². The van der Waals surface area contributed by atoms with Crippen molar-refractivity contribution in [2.24, 2.45) is 0 Å². The maximum Gasteiger partial charge on any atom is 0.183 e. The molecule has 0 aliphatic heterocycles. The Morgan fingerprint density at radius 2 is 2.06 bits per heavy atom. The number of hydrogen-bond acceptors (Lipinski definition) is 3. The number of benzene rings is 1. The fourth-order valence-corrected chi connectivity index (χ4v) is 3.38. The first-order valence-electron chi connectivity index (χ1n) is 5.14. The van der Waals surface area contributed by atoms with Crippen LogP contribution in [0.25, 0.3) is 0 Å². The van der Waals surface area contributed by atoms with Crippen LogP contribution in [0.15, 0.2) is 41.3 Å². The number of thiophene rings is 1. The van der Waals surface area contributed by atoms with Crippen molar-refractivity contribution < 1.29 is 4.79 Å². The third-order valence-electron chi connectivity index (χ3n) is 2.30. The van der Waals surface area contributed by atoms with Gasteiger partial charge in [-0.3, -0.25) is 4.79 Å². The lowest BCUT2D eigenvalue weighted by Crippen LogP contribution is -1.99. The van der Waals surface area contributed by atoms with Gasteiger partial charge in [-0.15, -0.1) is 23.1 Å². The van der Waals surface area contributed by atoms with Gasteiger partial charge in [-0.2, -0.15) is 0 Å². The Bertz CT molecular complexity index is 534. The van der Waals surface area contributed by atoms with Crippen molar-refractivity contribution in [1.82, 2.24) is 0 Å². The van der Waals surface area contributed by atoms with Gasteiger partial charge in [-0.05, 0) is 30.7 Å². The third kappa shape index (κ3) is 3.35. The molecule has 0 saturated heterocycles. The number of aryl methyl sites for hydroxylation is 1. The molecule has 17 heavy (non-hydrogen) atoms. The largest absolute Gasteiger partial charge is 0.292 e. The van der Waals surface area contributed by atoms with Gasteiger partial charge in [0.25, 0.3) is 0 Å². The summed E-state index contributed by atoms with van der Waals surface area (Å²) in [4.78, 5) is 13.8. The highest BCUT2D eigenvalue weighted by atomic mass is 35.5. The predicted octanol–water partition coefficient (Wildman–Crippen LogP) is 4.68. The van der Waals surface area contributed by atoms with Gasteiger partial charge in [0, 0.05) is 4.90 Å². The molecule has 1 aromatic carbocycles. The Morgan fingerprint density at radius 1 is 1.29 bits per heavy atom.